The number of furan rings is 1. The number of esters is 1. The van der Waals surface area contributed by atoms with Crippen molar-refractivity contribution in [3.63, 3.8) is 0 Å². The van der Waals surface area contributed by atoms with Crippen LogP contribution in [0.2, 0.25) is 5.02 Å². The largest absolute Gasteiger partial charge is 0.462 e. The molecule has 3 aromatic rings. The lowest BCUT2D eigenvalue weighted by Gasteiger charge is -2.25. The lowest BCUT2D eigenvalue weighted by molar-refractivity contribution is -0.140. The molecule has 1 aliphatic heterocycles. The highest BCUT2D eigenvalue weighted by atomic mass is 35.5. The molecule has 1 aliphatic rings. The Labute approximate surface area is 192 Å². The Hall–Kier alpha value is -2.94. The van der Waals surface area contributed by atoms with Gasteiger partial charge in [-0.1, -0.05) is 41.1 Å². The fourth-order valence-electron chi connectivity index (χ4n) is 3.53. The Balaban J connectivity index is 1.91. The molecule has 0 amide bonds. The molecule has 3 heterocycles. The molecule has 9 heteroatoms. The summed E-state index contributed by atoms with van der Waals surface area (Å²) in [5.74, 6) is 0.746. The molecule has 0 radical (unpaired) electrons. The number of aromatic nitrogens is 1. The number of allylic oxidation sites excluding steroid dienone is 1. The fourth-order valence-corrected chi connectivity index (χ4v) is 4.80. The minimum absolute atomic E-state index is 0.0869. The molecule has 2 aromatic heterocycles. The number of benzene rings is 1. The monoisotopic (exact) mass is 472 g/mol. The van der Waals surface area contributed by atoms with Crippen LogP contribution in [0, 0.1) is 6.92 Å². The van der Waals surface area contributed by atoms with E-state index >= 15 is 0 Å². The Morgan fingerprint density at radius 1 is 1.25 bits per heavy atom. The molecule has 1 atom stereocenters. The zero-order chi connectivity index (χ0) is 22.8. The quantitative estimate of drug-likeness (QED) is 0.407. The number of nitrogens with zero attached hydrogens (tertiary/aromatic N) is 2. The molecule has 166 valence electrons. The lowest BCUT2D eigenvalue weighted by Crippen LogP contribution is -2.40. The van der Waals surface area contributed by atoms with Crippen molar-refractivity contribution in [2.45, 2.75) is 19.9 Å². The molecular weight excluding hydrogens is 452 g/mol. The van der Waals surface area contributed by atoms with E-state index in [9.17, 15) is 9.59 Å². The van der Waals surface area contributed by atoms with Gasteiger partial charge in [-0.15, -0.1) is 0 Å². The van der Waals surface area contributed by atoms with Gasteiger partial charge in [0.05, 0.1) is 22.4 Å². The number of halogens is 1. The number of fused-ring (bicyclic) bond motifs is 1. The minimum atomic E-state index is -0.768. The Kier molecular flexibility index (Phi) is 6.45. The van der Waals surface area contributed by atoms with Crippen molar-refractivity contribution < 1.29 is 18.7 Å². The standard InChI is InChI=1S/C23H21ClN2O5S/c1-13-8-9-15(31-13)12-18-21(27)26-20(16-6-4-5-7-17(16)24)19(14(2)25-23(26)32-18)22(28)30-11-10-29-3/h4-9,12,20H,10-11H2,1-3H3/b18-12+/t20-/m0/s1. The SMILES string of the molecule is COCCOC(=O)C1=C(C)N=c2s/c(=C/c3ccc(C)o3)c(=O)n2[C@H]1c1ccccc1Cl. The zero-order valence-corrected chi connectivity index (χ0v) is 19.3. The number of hydrogen-bond donors (Lipinski definition) is 0. The van der Waals surface area contributed by atoms with Gasteiger partial charge in [0.25, 0.3) is 5.56 Å². The summed E-state index contributed by atoms with van der Waals surface area (Å²) >= 11 is 7.73. The summed E-state index contributed by atoms with van der Waals surface area (Å²) in [6, 6.07) is 9.98. The molecule has 7 nitrogen and oxygen atoms in total. The highest BCUT2D eigenvalue weighted by molar-refractivity contribution is 7.07. The first kappa shape index (κ1) is 22.3. The van der Waals surface area contributed by atoms with Gasteiger partial charge in [-0.05, 0) is 37.6 Å². The second kappa shape index (κ2) is 9.28. The van der Waals surface area contributed by atoms with Gasteiger partial charge in [-0.2, -0.15) is 0 Å². The molecule has 0 fully saturated rings. The molecule has 0 bridgehead atoms. The van der Waals surface area contributed by atoms with Gasteiger partial charge in [0.15, 0.2) is 4.80 Å². The molecule has 0 N–H and O–H groups in total. The molecular formula is C23H21ClN2O5S. The first-order chi connectivity index (χ1) is 15.4. The van der Waals surface area contributed by atoms with Crippen LogP contribution in [0.5, 0.6) is 0 Å². The molecule has 0 saturated heterocycles. The zero-order valence-electron chi connectivity index (χ0n) is 17.8. The normalized spacial score (nSPS) is 16.1. The molecule has 32 heavy (non-hydrogen) atoms. The van der Waals surface area contributed by atoms with E-state index in [0.717, 1.165) is 5.76 Å². The number of carbonyl (C=O) groups excluding carboxylic acids is 1. The molecule has 1 aromatic carbocycles. The summed E-state index contributed by atoms with van der Waals surface area (Å²) in [4.78, 5) is 31.5. The van der Waals surface area contributed by atoms with Crippen LogP contribution in [-0.2, 0) is 14.3 Å². The predicted octanol–water partition coefficient (Wildman–Crippen LogP) is 2.98. The van der Waals surface area contributed by atoms with Crippen molar-refractivity contribution in [1.29, 1.82) is 0 Å². The van der Waals surface area contributed by atoms with Gasteiger partial charge >= 0.3 is 5.97 Å². The molecule has 0 spiro atoms. The first-order valence-corrected chi connectivity index (χ1v) is 11.1. The maximum atomic E-state index is 13.5. The summed E-state index contributed by atoms with van der Waals surface area (Å²) in [6.45, 7) is 3.91. The van der Waals surface area contributed by atoms with Crippen molar-refractivity contribution in [3.05, 3.63) is 89.5 Å². The van der Waals surface area contributed by atoms with Crippen LogP contribution >= 0.6 is 22.9 Å². The first-order valence-electron chi connectivity index (χ1n) is 9.90. The van der Waals surface area contributed by atoms with Crippen LogP contribution in [0.25, 0.3) is 6.08 Å². The summed E-state index contributed by atoms with van der Waals surface area (Å²) < 4.78 is 17.9. The third kappa shape index (κ3) is 4.21. The van der Waals surface area contributed by atoms with Gasteiger partial charge in [0, 0.05) is 18.2 Å². The van der Waals surface area contributed by atoms with E-state index in [1.165, 1.54) is 23.0 Å². The fraction of sp³-hybridized carbons (Fsp3) is 0.261. The lowest BCUT2D eigenvalue weighted by atomic mass is 9.96. The summed E-state index contributed by atoms with van der Waals surface area (Å²) in [5, 5.41) is 0.436. The van der Waals surface area contributed by atoms with Crippen molar-refractivity contribution in [3.8, 4) is 0 Å². The van der Waals surface area contributed by atoms with Crippen molar-refractivity contribution in [1.82, 2.24) is 4.57 Å². The van der Waals surface area contributed by atoms with Gasteiger partial charge < -0.3 is 13.9 Å². The van der Waals surface area contributed by atoms with E-state index in [1.807, 2.05) is 19.1 Å². The Bertz CT molecular complexity index is 1380. The third-order valence-electron chi connectivity index (χ3n) is 5.00. The van der Waals surface area contributed by atoms with E-state index < -0.39 is 12.0 Å². The predicted molar refractivity (Wildman–Crippen MR) is 121 cm³/mol. The number of methoxy groups -OCH3 is 1. The van der Waals surface area contributed by atoms with Crippen LogP contribution in [0.3, 0.4) is 0 Å². The van der Waals surface area contributed by atoms with Crippen LogP contribution < -0.4 is 14.9 Å². The molecule has 4 rings (SSSR count). The van der Waals surface area contributed by atoms with E-state index in [4.69, 9.17) is 25.5 Å². The van der Waals surface area contributed by atoms with Crippen LogP contribution in [0.1, 0.15) is 30.0 Å². The van der Waals surface area contributed by atoms with Gasteiger partial charge in [-0.3, -0.25) is 9.36 Å². The highest BCUT2D eigenvalue weighted by Crippen LogP contribution is 2.34. The highest BCUT2D eigenvalue weighted by Gasteiger charge is 2.34. The van der Waals surface area contributed by atoms with E-state index in [-0.39, 0.29) is 24.3 Å². The smallest absolute Gasteiger partial charge is 0.338 e. The molecule has 0 unspecified atom stereocenters. The van der Waals surface area contributed by atoms with Crippen molar-refractivity contribution in [2.75, 3.05) is 20.3 Å². The van der Waals surface area contributed by atoms with Gasteiger partial charge in [0.2, 0.25) is 0 Å². The van der Waals surface area contributed by atoms with Crippen LogP contribution in [0.4, 0.5) is 0 Å². The van der Waals surface area contributed by atoms with Gasteiger partial charge in [0.1, 0.15) is 24.2 Å². The average Bonchev–Trinajstić information content (AvgIpc) is 3.30. The van der Waals surface area contributed by atoms with Crippen molar-refractivity contribution in [2.24, 2.45) is 4.99 Å². The second-order valence-corrected chi connectivity index (χ2v) is 8.60. The van der Waals surface area contributed by atoms with E-state index in [0.29, 0.717) is 31.4 Å². The van der Waals surface area contributed by atoms with Crippen LogP contribution in [-0.4, -0.2) is 30.9 Å². The number of aryl methyl sites for hydroxylation is 1. The number of thiazole rings is 1. The second-order valence-electron chi connectivity index (χ2n) is 7.18. The number of rotatable bonds is 6. The topological polar surface area (TPSA) is 83.0 Å². The number of hydrogen-bond acceptors (Lipinski definition) is 7. The summed E-state index contributed by atoms with van der Waals surface area (Å²) in [7, 11) is 1.52. The number of ether oxygens (including phenoxy) is 2. The maximum Gasteiger partial charge on any atom is 0.338 e. The Morgan fingerprint density at radius 3 is 2.72 bits per heavy atom. The average molecular weight is 473 g/mol. The molecule has 0 aliphatic carbocycles. The number of carbonyl (C=O) groups is 1. The van der Waals surface area contributed by atoms with Crippen LogP contribution in [0.15, 0.2) is 61.9 Å². The van der Waals surface area contributed by atoms with E-state index in [2.05, 4.69) is 4.99 Å². The van der Waals surface area contributed by atoms with E-state index in [1.54, 1.807) is 37.3 Å². The Morgan fingerprint density at radius 2 is 2.03 bits per heavy atom. The minimum Gasteiger partial charge on any atom is -0.462 e. The van der Waals surface area contributed by atoms with Crippen molar-refractivity contribution >= 4 is 35.0 Å². The van der Waals surface area contributed by atoms with Gasteiger partial charge in [-0.25, -0.2) is 9.79 Å². The third-order valence-corrected chi connectivity index (χ3v) is 6.32. The molecule has 0 saturated carbocycles. The maximum absolute atomic E-state index is 13.5. The summed E-state index contributed by atoms with van der Waals surface area (Å²) in [6.07, 6.45) is 1.68. The summed E-state index contributed by atoms with van der Waals surface area (Å²) in [5.41, 5.74) is 1.06.